The van der Waals surface area contributed by atoms with E-state index >= 15 is 0 Å². The number of nitrogens with one attached hydrogen (secondary N) is 1. The number of amides is 1. The fourth-order valence-corrected chi connectivity index (χ4v) is 3.28. The number of carbonyl (C=O) groups excluding carboxylic acids is 1. The number of ether oxygens (including phenoxy) is 1. The van der Waals surface area contributed by atoms with Crippen LogP contribution in [0.3, 0.4) is 0 Å². The first kappa shape index (κ1) is 19.8. The van der Waals surface area contributed by atoms with Gasteiger partial charge >= 0.3 is 6.18 Å². The topological polar surface area (TPSA) is 64.1 Å². The number of hydrogen-bond acceptors (Lipinski definition) is 4. The molecule has 1 aromatic heterocycles. The Labute approximate surface area is 168 Å². The maximum atomic E-state index is 14.0. The molecule has 1 amide bonds. The Hall–Kier alpha value is -3.49. The third-order valence-electron chi connectivity index (χ3n) is 4.70. The van der Waals surface area contributed by atoms with Crippen molar-refractivity contribution in [2.45, 2.75) is 18.7 Å². The molecule has 0 aliphatic carbocycles. The molecule has 2 aromatic carbocycles. The van der Waals surface area contributed by atoms with Gasteiger partial charge in [0.15, 0.2) is 0 Å². The van der Waals surface area contributed by atoms with Gasteiger partial charge in [-0.3, -0.25) is 4.79 Å². The molecule has 1 atom stereocenters. The predicted molar refractivity (Wildman–Crippen MR) is 99.3 cm³/mol. The summed E-state index contributed by atoms with van der Waals surface area (Å²) in [5.74, 6) is -0.447. The fourth-order valence-electron chi connectivity index (χ4n) is 3.28. The first-order valence-corrected chi connectivity index (χ1v) is 9.01. The van der Waals surface area contributed by atoms with Gasteiger partial charge < -0.3 is 10.1 Å². The molecule has 0 radical (unpaired) electrons. The Morgan fingerprint density at radius 3 is 2.50 bits per heavy atom. The van der Waals surface area contributed by atoms with Gasteiger partial charge in [-0.2, -0.15) is 13.2 Å². The molecule has 154 valence electrons. The van der Waals surface area contributed by atoms with Gasteiger partial charge in [0.25, 0.3) is 5.91 Å². The maximum absolute atomic E-state index is 14.0. The number of carbonyl (C=O) groups is 1. The molecule has 1 aliphatic heterocycles. The van der Waals surface area contributed by atoms with Crippen LogP contribution in [0.4, 0.5) is 17.6 Å². The third-order valence-corrected chi connectivity index (χ3v) is 4.70. The van der Waals surface area contributed by atoms with Crippen molar-refractivity contribution in [1.29, 1.82) is 0 Å². The first-order chi connectivity index (χ1) is 14.3. The lowest BCUT2D eigenvalue weighted by molar-refractivity contribution is -0.137. The molecule has 3 aromatic rings. The second-order valence-electron chi connectivity index (χ2n) is 6.80. The molecule has 4 rings (SSSR count). The molecular weight excluding hydrogens is 402 g/mol. The van der Waals surface area contributed by atoms with Crippen LogP contribution in [0.1, 0.15) is 21.5 Å². The van der Waals surface area contributed by atoms with E-state index in [4.69, 9.17) is 4.74 Å². The highest BCUT2D eigenvalue weighted by molar-refractivity contribution is 5.94. The summed E-state index contributed by atoms with van der Waals surface area (Å²) >= 11 is 0. The Kier molecular flexibility index (Phi) is 5.11. The van der Waals surface area contributed by atoms with Gasteiger partial charge in [0.1, 0.15) is 24.0 Å². The van der Waals surface area contributed by atoms with E-state index in [1.165, 1.54) is 18.5 Å². The minimum absolute atomic E-state index is 0.103. The fraction of sp³-hybridized carbons (Fsp3) is 0.190. The molecule has 5 nitrogen and oxygen atoms in total. The normalized spacial score (nSPS) is 15.4. The highest BCUT2D eigenvalue weighted by atomic mass is 19.4. The lowest BCUT2D eigenvalue weighted by Gasteiger charge is -2.14. The average molecular weight is 417 g/mol. The van der Waals surface area contributed by atoms with Crippen LogP contribution in [0.15, 0.2) is 55.1 Å². The number of rotatable bonds is 4. The Morgan fingerprint density at radius 2 is 1.83 bits per heavy atom. The summed E-state index contributed by atoms with van der Waals surface area (Å²) in [4.78, 5) is 20.1. The Morgan fingerprint density at radius 1 is 1.13 bits per heavy atom. The lowest BCUT2D eigenvalue weighted by atomic mass is 10.0. The summed E-state index contributed by atoms with van der Waals surface area (Å²) in [6, 6.07) is 6.65. The molecule has 0 unspecified atom stereocenters. The Balaban J connectivity index is 1.44. The largest absolute Gasteiger partial charge is 0.487 e. The van der Waals surface area contributed by atoms with E-state index < -0.39 is 29.6 Å². The SMILES string of the molecule is O=C(NC[C@@H]1Cc2cc(F)cc(-c3cncnc3)c2O1)c1ccc(C(F)(F)F)cc1. The molecule has 9 heteroatoms. The van der Waals surface area contributed by atoms with E-state index in [2.05, 4.69) is 15.3 Å². The standard InChI is InChI=1S/C21H15F4N3O2/c22-16-5-13-6-17(30-19(13)18(7-16)14-8-26-11-27-9-14)10-28-20(29)12-1-3-15(4-2-12)21(23,24)25/h1-5,7-9,11,17H,6,10H2,(H,28,29)/t17-/m0/s1. The first-order valence-electron chi connectivity index (χ1n) is 9.01. The predicted octanol–water partition coefficient (Wildman–Crippen LogP) is 4.04. The zero-order valence-corrected chi connectivity index (χ0v) is 15.4. The van der Waals surface area contributed by atoms with E-state index in [-0.39, 0.29) is 12.1 Å². The highest BCUT2D eigenvalue weighted by Gasteiger charge is 2.30. The van der Waals surface area contributed by atoms with Gasteiger partial charge in [0, 0.05) is 41.1 Å². The van der Waals surface area contributed by atoms with Gasteiger partial charge in [-0.25, -0.2) is 14.4 Å². The van der Waals surface area contributed by atoms with Gasteiger partial charge in [-0.15, -0.1) is 0 Å². The molecule has 0 bridgehead atoms. The minimum Gasteiger partial charge on any atom is -0.487 e. The van der Waals surface area contributed by atoms with Crippen molar-refractivity contribution >= 4 is 5.91 Å². The van der Waals surface area contributed by atoms with Crippen molar-refractivity contribution in [3.8, 4) is 16.9 Å². The monoisotopic (exact) mass is 417 g/mol. The maximum Gasteiger partial charge on any atom is 0.416 e. The van der Waals surface area contributed by atoms with Crippen molar-refractivity contribution in [1.82, 2.24) is 15.3 Å². The van der Waals surface area contributed by atoms with Crippen molar-refractivity contribution < 1.29 is 27.1 Å². The summed E-state index contributed by atoms with van der Waals surface area (Å²) in [6.45, 7) is 0.112. The van der Waals surface area contributed by atoms with Crippen LogP contribution in [0.2, 0.25) is 0 Å². The van der Waals surface area contributed by atoms with Gasteiger partial charge in [0.05, 0.1) is 12.1 Å². The molecule has 0 spiro atoms. The average Bonchev–Trinajstić information content (AvgIpc) is 3.14. The van der Waals surface area contributed by atoms with Crippen molar-refractivity contribution in [2.24, 2.45) is 0 Å². The molecule has 0 saturated carbocycles. The number of benzene rings is 2. The van der Waals surface area contributed by atoms with Gasteiger partial charge in [-0.05, 0) is 36.4 Å². The van der Waals surface area contributed by atoms with Crippen LogP contribution in [0.5, 0.6) is 5.75 Å². The third kappa shape index (κ3) is 4.10. The summed E-state index contributed by atoms with van der Waals surface area (Å²) < 4.78 is 57.9. The molecular formula is C21H15F4N3O2. The summed E-state index contributed by atoms with van der Waals surface area (Å²) in [5, 5.41) is 2.64. The zero-order valence-electron chi connectivity index (χ0n) is 15.4. The highest BCUT2D eigenvalue weighted by Crippen LogP contribution is 2.39. The van der Waals surface area contributed by atoms with E-state index in [9.17, 15) is 22.4 Å². The van der Waals surface area contributed by atoms with Gasteiger partial charge in [0.2, 0.25) is 0 Å². The molecule has 30 heavy (non-hydrogen) atoms. The molecule has 1 N–H and O–H groups in total. The summed E-state index contributed by atoms with van der Waals surface area (Å²) in [5.41, 5.74) is 1.05. The lowest BCUT2D eigenvalue weighted by Crippen LogP contribution is -2.34. The van der Waals surface area contributed by atoms with Gasteiger partial charge in [-0.1, -0.05) is 0 Å². The summed E-state index contributed by atoms with van der Waals surface area (Å²) in [6.07, 6.45) is -0.0701. The smallest absolute Gasteiger partial charge is 0.416 e. The second-order valence-corrected chi connectivity index (χ2v) is 6.80. The van der Waals surface area contributed by atoms with E-state index in [0.29, 0.717) is 28.9 Å². The van der Waals surface area contributed by atoms with Crippen LogP contribution >= 0.6 is 0 Å². The van der Waals surface area contributed by atoms with E-state index in [1.54, 1.807) is 12.4 Å². The summed E-state index contributed by atoms with van der Waals surface area (Å²) in [7, 11) is 0. The molecule has 1 aliphatic rings. The van der Waals surface area contributed by atoms with Crippen LogP contribution < -0.4 is 10.1 Å². The quantitative estimate of drug-likeness (QED) is 0.651. The van der Waals surface area contributed by atoms with E-state index in [1.807, 2.05) is 0 Å². The minimum atomic E-state index is -4.46. The molecule has 2 heterocycles. The van der Waals surface area contributed by atoms with E-state index in [0.717, 1.165) is 24.3 Å². The molecule has 0 saturated heterocycles. The number of nitrogens with zero attached hydrogens (tertiary/aromatic N) is 2. The molecule has 0 fully saturated rings. The van der Waals surface area contributed by atoms with Crippen LogP contribution in [-0.4, -0.2) is 28.5 Å². The van der Waals surface area contributed by atoms with Crippen LogP contribution in [0.25, 0.3) is 11.1 Å². The van der Waals surface area contributed by atoms with Crippen molar-refractivity contribution in [3.05, 3.63) is 77.6 Å². The van der Waals surface area contributed by atoms with Crippen LogP contribution in [0, 0.1) is 5.82 Å². The second kappa shape index (κ2) is 7.74. The number of fused-ring (bicyclic) bond motifs is 1. The number of halogens is 4. The zero-order chi connectivity index (χ0) is 21.3. The number of alkyl halides is 3. The van der Waals surface area contributed by atoms with Crippen molar-refractivity contribution in [3.63, 3.8) is 0 Å². The van der Waals surface area contributed by atoms with Crippen LogP contribution in [-0.2, 0) is 12.6 Å². The number of aromatic nitrogens is 2. The number of hydrogen-bond donors (Lipinski definition) is 1. The Bertz CT molecular complexity index is 1070. The van der Waals surface area contributed by atoms with Crippen molar-refractivity contribution in [2.75, 3.05) is 6.54 Å².